The van der Waals surface area contributed by atoms with Crippen molar-refractivity contribution in [3.05, 3.63) is 71.2 Å². The van der Waals surface area contributed by atoms with E-state index >= 15 is 0 Å². The van der Waals surface area contributed by atoms with Crippen molar-refractivity contribution >= 4 is 22.5 Å². The van der Waals surface area contributed by atoms with Crippen LogP contribution in [0.3, 0.4) is 0 Å². The Hall–Kier alpha value is -3.29. The van der Waals surface area contributed by atoms with E-state index in [2.05, 4.69) is 15.1 Å². The van der Waals surface area contributed by atoms with Gasteiger partial charge in [-0.1, -0.05) is 12.1 Å². The zero-order valence-electron chi connectivity index (χ0n) is 16.3. The Kier molecular flexibility index (Phi) is 5.24. The molecule has 0 bridgehead atoms. The fourth-order valence-electron chi connectivity index (χ4n) is 3.48. The molecule has 0 spiro atoms. The average Bonchev–Trinajstić information content (AvgIpc) is 3.11. The van der Waals surface area contributed by atoms with Crippen molar-refractivity contribution in [2.24, 2.45) is 5.10 Å². The van der Waals surface area contributed by atoms with Crippen LogP contribution < -0.4 is 0 Å². The number of fused-ring (bicyclic) bond motifs is 1. The monoisotopic (exact) mass is 412 g/mol. The van der Waals surface area contributed by atoms with Crippen molar-refractivity contribution in [3.63, 3.8) is 0 Å². The molecule has 154 valence electrons. The molecule has 0 saturated carbocycles. The Morgan fingerprint density at radius 3 is 2.73 bits per heavy atom. The van der Waals surface area contributed by atoms with Gasteiger partial charge in [-0.25, -0.2) is 5.01 Å². The number of alkyl halides is 3. The molecule has 0 radical (unpaired) electrons. The van der Waals surface area contributed by atoms with E-state index in [1.54, 1.807) is 6.07 Å². The molecule has 4 rings (SSSR count). The van der Waals surface area contributed by atoms with E-state index in [1.165, 1.54) is 17.3 Å². The number of aryl methyl sites for hydroxylation is 1. The largest absolute Gasteiger partial charge is 0.416 e. The van der Waals surface area contributed by atoms with Crippen LogP contribution in [0.2, 0.25) is 0 Å². The predicted octanol–water partition coefficient (Wildman–Crippen LogP) is 4.53. The lowest BCUT2D eigenvalue weighted by Crippen LogP contribution is -2.22. The van der Waals surface area contributed by atoms with Crippen LogP contribution in [0.25, 0.3) is 10.9 Å². The van der Waals surface area contributed by atoms with E-state index in [1.807, 2.05) is 25.1 Å². The fourth-order valence-corrected chi connectivity index (χ4v) is 3.48. The van der Waals surface area contributed by atoms with Crippen LogP contribution >= 0.6 is 0 Å². The molecule has 0 atom stereocenters. The van der Waals surface area contributed by atoms with Crippen LogP contribution in [0.5, 0.6) is 0 Å². The second-order valence-electron chi connectivity index (χ2n) is 7.21. The number of hydrogen-bond acceptors (Lipinski definition) is 4. The van der Waals surface area contributed by atoms with Gasteiger partial charge in [0.15, 0.2) is 0 Å². The Morgan fingerprint density at radius 1 is 1.20 bits per heavy atom. The van der Waals surface area contributed by atoms with Crippen LogP contribution in [0, 0.1) is 6.92 Å². The van der Waals surface area contributed by atoms with Crippen molar-refractivity contribution in [1.29, 1.82) is 0 Å². The number of carbonyl (C=O) groups is 1. The SMILES string of the molecule is Cc1cccc(C(Cc2ccnc3cc(C(F)(F)F)ccc23)=NN2CCCC2=O)n1. The third kappa shape index (κ3) is 4.17. The van der Waals surface area contributed by atoms with Crippen molar-refractivity contribution in [2.75, 3.05) is 6.54 Å². The molecule has 0 unspecified atom stereocenters. The van der Waals surface area contributed by atoms with E-state index in [4.69, 9.17) is 0 Å². The van der Waals surface area contributed by atoms with Gasteiger partial charge in [0.2, 0.25) is 5.91 Å². The number of halogens is 3. The molecule has 0 N–H and O–H groups in total. The topological polar surface area (TPSA) is 58.5 Å². The quantitative estimate of drug-likeness (QED) is 0.592. The van der Waals surface area contributed by atoms with Crippen molar-refractivity contribution in [2.45, 2.75) is 32.4 Å². The number of hydrogen-bond donors (Lipinski definition) is 0. The number of carbonyl (C=O) groups excluding carboxylic acids is 1. The van der Waals surface area contributed by atoms with Gasteiger partial charge in [0.05, 0.1) is 22.5 Å². The van der Waals surface area contributed by atoms with Gasteiger partial charge in [0, 0.05) is 36.7 Å². The molecular weight excluding hydrogens is 393 g/mol. The molecule has 1 aliphatic rings. The Morgan fingerprint density at radius 2 is 2.03 bits per heavy atom. The van der Waals surface area contributed by atoms with Crippen molar-refractivity contribution < 1.29 is 18.0 Å². The highest BCUT2D eigenvalue weighted by Crippen LogP contribution is 2.32. The molecule has 1 fully saturated rings. The molecule has 5 nitrogen and oxygen atoms in total. The lowest BCUT2D eigenvalue weighted by molar-refractivity contribution is -0.137. The minimum Gasteiger partial charge on any atom is -0.273 e. The molecular formula is C22H19F3N4O. The third-order valence-electron chi connectivity index (χ3n) is 4.99. The zero-order valence-corrected chi connectivity index (χ0v) is 16.3. The molecule has 3 aromatic rings. The molecule has 1 amide bonds. The minimum atomic E-state index is -4.43. The third-order valence-corrected chi connectivity index (χ3v) is 4.99. The summed E-state index contributed by atoms with van der Waals surface area (Å²) in [6.45, 7) is 2.41. The second-order valence-corrected chi connectivity index (χ2v) is 7.21. The number of aromatic nitrogens is 2. The molecule has 30 heavy (non-hydrogen) atoms. The van der Waals surface area contributed by atoms with Crippen LogP contribution in [-0.4, -0.2) is 33.1 Å². The first kappa shape index (κ1) is 20.0. The van der Waals surface area contributed by atoms with Gasteiger partial charge < -0.3 is 0 Å². The van der Waals surface area contributed by atoms with E-state index in [9.17, 15) is 18.0 Å². The number of nitrogens with zero attached hydrogens (tertiary/aromatic N) is 4. The Bertz CT molecular complexity index is 1140. The lowest BCUT2D eigenvalue weighted by atomic mass is 10.0. The summed E-state index contributed by atoms with van der Waals surface area (Å²) in [6.07, 6.45) is -1.43. The smallest absolute Gasteiger partial charge is 0.273 e. The van der Waals surface area contributed by atoms with E-state index in [-0.39, 0.29) is 11.4 Å². The Balaban J connectivity index is 1.77. The normalized spacial score (nSPS) is 15.3. The first-order valence-corrected chi connectivity index (χ1v) is 9.58. The van der Waals surface area contributed by atoms with Crippen LogP contribution in [-0.2, 0) is 17.4 Å². The van der Waals surface area contributed by atoms with Gasteiger partial charge >= 0.3 is 6.18 Å². The lowest BCUT2D eigenvalue weighted by Gasteiger charge is -2.15. The maximum absolute atomic E-state index is 13.1. The summed E-state index contributed by atoms with van der Waals surface area (Å²) in [5, 5.41) is 6.62. The summed E-state index contributed by atoms with van der Waals surface area (Å²) in [4.78, 5) is 20.7. The van der Waals surface area contributed by atoms with Gasteiger partial charge in [-0.2, -0.15) is 18.3 Å². The van der Waals surface area contributed by atoms with E-state index < -0.39 is 11.7 Å². The van der Waals surface area contributed by atoms with Crippen molar-refractivity contribution in [1.82, 2.24) is 15.0 Å². The first-order valence-electron chi connectivity index (χ1n) is 9.58. The van der Waals surface area contributed by atoms with Crippen molar-refractivity contribution in [3.8, 4) is 0 Å². The Labute approximate surface area is 171 Å². The number of rotatable bonds is 4. The molecule has 8 heteroatoms. The summed E-state index contributed by atoms with van der Waals surface area (Å²) in [7, 11) is 0. The van der Waals surface area contributed by atoms with Gasteiger partial charge in [-0.15, -0.1) is 0 Å². The van der Waals surface area contributed by atoms with Gasteiger partial charge in [0.1, 0.15) is 0 Å². The van der Waals surface area contributed by atoms with Gasteiger partial charge in [-0.3, -0.25) is 14.8 Å². The molecule has 1 saturated heterocycles. The maximum atomic E-state index is 13.1. The van der Waals surface area contributed by atoms with Gasteiger partial charge in [0.25, 0.3) is 0 Å². The molecule has 0 aliphatic carbocycles. The fraction of sp³-hybridized carbons (Fsp3) is 0.273. The molecule has 2 aromatic heterocycles. The summed E-state index contributed by atoms with van der Waals surface area (Å²) in [5.41, 5.74) is 2.31. The van der Waals surface area contributed by atoms with Crippen LogP contribution in [0.1, 0.15) is 35.4 Å². The highest BCUT2D eigenvalue weighted by Gasteiger charge is 2.30. The molecule has 3 heterocycles. The van der Waals surface area contributed by atoms with Gasteiger partial charge in [-0.05, 0) is 49.2 Å². The first-order chi connectivity index (χ1) is 14.3. The minimum absolute atomic E-state index is 0.0467. The molecule has 1 aliphatic heterocycles. The van der Waals surface area contributed by atoms with Crippen LogP contribution in [0.15, 0.2) is 53.8 Å². The summed E-state index contributed by atoms with van der Waals surface area (Å²) >= 11 is 0. The number of hydrazone groups is 1. The summed E-state index contributed by atoms with van der Waals surface area (Å²) in [5.74, 6) is -0.0467. The second kappa shape index (κ2) is 7.85. The zero-order chi connectivity index (χ0) is 21.3. The maximum Gasteiger partial charge on any atom is 0.416 e. The predicted molar refractivity (Wildman–Crippen MR) is 107 cm³/mol. The highest BCUT2D eigenvalue weighted by molar-refractivity contribution is 6.02. The number of amides is 1. The highest BCUT2D eigenvalue weighted by atomic mass is 19.4. The summed E-state index contributed by atoms with van der Waals surface area (Å²) < 4.78 is 39.2. The van der Waals surface area contributed by atoms with Crippen LogP contribution in [0.4, 0.5) is 13.2 Å². The number of pyridine rings is 2. The number of benzene rings is 1. The molecule has 1 aromatic carbocycles. The van der Waals surface area contributed by atoms with E-state index in [0.29, 0.717) is 36.2 Å². The summed E-state index contributed by atoms with van der Waals surface area (Å²) in [6, 6.07) is 10.8. The standard InChI is InChI=1S/C22H19F3N4O/c1-14-4-2-5-18(27-14)20(28-29-11-3-6-21(29)30)12-15-9-10-26-19-13-16(22(23,24)25)7-8-17(15)19/h2,4-5,7-10,13H,3,6,11-12H2,1H3. The average molecular weight is 412 g/mol. The van der Waals surface area contributed by atoms with E-state index in [0.717, 1.165) is 29.8 Å².